The number of benzene rings is 2. The van der Waals surface area contributed by atoms with Crippen molar-refractivity contribution in [2.75, 3.05) is 12.9 Å². The van der Waals surface area contributed by atoms with Gasteiger partial charge in [-0.25, -0.2) is 0 Å². The van der Waals surface area contributed by atoms with Gasteiger partial charge in [-0.15, -0.1) is 0 Å². The van der Waals surface area contributed by atoms with Crippen LogP contribution in [0.2, 0.25) is 0 Å². The number of ether oxygens (including phenoxy) is 1. The van der Waals surface area contributed by atoms with E-state index in [4.69, 9.17) is 9.73 Å². The molecule has 5 rings (SSSR count). The molecule has 0 saturated carbocycles. The number of aliphatic imine (C=N–C) groups is 1. The molecular formula is C23H23N3OS. The minimum atomic E-state index is 0.00912. The van der Waals surface area contributed by atoms with Crippen LogP contribution in [-0.4, -0.2) is 34.0 Å². The van der Waals surface area contributed by atoms with Crippen LogP contribution in [0.3, 0.4) is 0 Å². The van der Waals surface area contributed by atoms with Gasteiger partial charge in [0.1, 0.15) is 11.8 Å². The maximum Gasteiger partial charge on any atom is 0.160 e. The van der Waals surface area contributed by atoms with E-state index in [1.54, 1.807) is 7.11 Å². The predicted octanol–water partition coefficient (Wildman–Crippen LogP) is 5.22. The van der Waals surface area contributed by atoms with Crippen molar-refractivity contribution < 1.29 is 4.74 Å². The molecule has 0 radical (unpaired) electrons. The van der Waals surface area contributed by atoms with E-state index >= 15 is 0 Å². The van der Waals surface area contributed by atoms with E-state index in [-0.39, 0.29) is 12.1 Å². The fourth-order valence-electron chi connectivity index (χ4n) is 4.42. The van der Waals surface area contributed by atoms with Crippen molar-refractivity contribution >= 4 is 27.7 Å². The average molecular weight is 390 g/mol. The molecule has 0 aliphatic carbocycles. The number of hydrogen-bond acceptors (Lipinski definition) is 5. The molecule has 1 aromatic heterocycles. The van der Waals surface area contributed by atoms with E-state index < -0.39 is 0 Å². The van der Waals surface area contributed by atoms with Gasteiger partial charge in [0.15, 0.2) is 5.17 Å². The second-order valence-electron chi connectivity index (χ2n) is 7.24. The summed E-state index contributed by atoms with van der Waals surface area (Å²) in [7, 11) is 1.74. The molecule has 0 unspecified atom stereocenters. The highest BCUT2D eigenvalue weighted by atomic mass is 32.2. The highest BCUT2D eigenvalue weighted by Crippen LogP contribution is 2.50. The Morgan fingerprint density at radius 2 is 1.89 bits per heavy atom. The Morgan fingerprint density at radius 1 is 1.07 bits per heavy atom. The molecule has 3 aromatic rings. The van der Waals surface area contributed by atoms with Crippen molar-refractivity contribution in [2.45, 2.75) is 31.5 Å². The molecule has 2 aliphatic rings. The fraction of sp³-hybridized carbons (Fsp3) is 0.304. The van der Waals surface area contributed by atoms with Gasteiger partial charge in [-0.05, 0) is 35.6 Å². The lowest BCUT2D eigenvalue weighted by molar-refractivity contribution is 0.256. The predicted molar refractivity (Wildman–Crippen MR) is 116 cm³/mol. The third-order valence-electron chi connectivity index (χ3n) is 5.79. The maximum absolute atomic E-state index is 5.63. The molecule has 3 atom stereocenters. The first-order valence-corrected chi connectivity index (χ1v) is 10.8. The number of pyridine rings is 1. The lowest BCUT2D eigenvalue weighted by Crippen LogP contribution is -2.35. The highest BCUT2D eigenvalue weighted by molar-refractivity contribution is 8.14. The minimum Gasteiger partial charge on any atom is -0.496 e. The molecule has 0 spiro atoms. The molecule has 4 nitrogen and oxygen atoms in total. The largest absolute Gasteiger partial charge is 0.496 e. The third-order valence-corrected chi connectivity index (χ3v) is 6.91. The normalized spacial score (nSPS) is 23.7. The maximum atomic E-state index is 5.63. The van der Waals surface area contributed by atoms with Crippen LogP contribution >= 0.6 is 11.8 Å². The molecule has 2 aliphatic heterocycles. The molecule has 28 heavy (non-hydrogen) atoms. The Labute approximate surface area is 169 Å². The van der Waals surface area contributed by atoms with Gasteiger partial charge < -0.3 is 9.64 Å². The van der Waals surface area contributed by atoms with Gasteiger partial charge in [-0.1, -0.05) is 55.1 Å². The lowest BCUT2D eigenvalue weighted by atomic mass is 9.91. The number of hydrogen-bond donors (Lipinski definition) is 0. The van der Waals surface area contributed by atoms with Crippen molar-refractivity contribution in [2.24, 2.45) is 4.99 Å². The van der Waals surface area contributed by atoms with Crippen molar-refractivity contribution in [1.29, 1.82) is 0 Å². The van der Waals surface area contributed by atoms with Gasteiger partial charge >= 0.3 is 0 Å². The molecular weight excluding hydrogens is 366 g/mol. The highest BCUT2D eigenvalue weighted by Gasteiger charge is 2.45. The van der Waals surface area contributed by atoms with Crippen molar-refractivity contribution in [3.05, 3.63) is 72.1 Å². The second kappa shape index (κ2) is 7.13. The van der Waals surface area contributed by atoms with Crippen molar-refractivity contribution in [1.82, 2.24) is 9.88 Å². The van der Waals surface area contributed by atoms with E-state index in [0.29, 0.717) is 6.04 Å². The van der Waals surface area contributed by atoms with Crippen LogP contribution in [0, 0.1) is 0 Å². The summed E-state index contributed by atoms with van der Waals surface area (Å²) >= 11 is 1.88. The zero-order valence-corrected chi connectivity index (χ0v) is 16.9. The molecule has 0 N–H and O–H groups in total. The topological polar surface area (TPSA) is 37.7 Å². The summed E-state index contributed by atoms with van der Waals surface area (Å²) in [4.78, 5) is 12.3. The molecule has 1 saturated heterocycles. The number of methoxy groups -OCH3 is 1. The second-order valence-corrected chi connectivity index (χ2v) is 8.23. The first-order valence-electron chi connectivity index (χ1n) is 9.77. The molecule has 0 bridgehead atoms. The van der Waals surface area contributed by atoms with Crippen LogP contribution in [0.1, 0.15) is 36.7 Å². The van der Waals surface area contributed by atoms with Crippen LogP contribution < -0.4 is 4.74 Å². The van der Waals surface area contributed by atoms with E-state index in [9.17, 15) is 0 Å². The van der Waals surface area contributed by atoms with Crippen LogP contribution in [0.15, 0.2) is 65.8 Å². The zero-order chi connectivity index (χ0) is 19.1. The Kier molecular flexibility index (Phi) is 4.47. The Bertz CT molecular complexity index is 1040. The summed E-state index contributed by atoms with van der Waals surface area (Å²) in [5, 5.41) is 3.54. The average Bonchev–Trinajstić information content (AvgIpc) is 3.33. The van der Waals surface area contributed by atoms with Crippen LogP contribution in [0.25, 0.3) is 10.8 Å². The van der Waals surface area contributed by atoms with E-state index in [2.05, 4.69) is 65.3 Å². The number of thioether (sulfide) groups is 1. The SMILES string of the molecule is CC[C@@H]1CSC2=N[C@@H](c3ccccn3)[C@H](c3ccc(OC)c4ccccc34)N21. The molecule has 142 valence electrons. The Morgan fingerprint density at radius 3 is 2.64 bits per heavy atom. The summed E-state index contributed by atoms with van der Waals surface area (Å²) in [6.45, 7) is 2.27. The molecule has 0 amide bonds. The summed E-state index contributed by atoms with van der Waals surface area (Å²) in [5.41, 5.74) is 2.33. The van der Waals surface area contributed by atoms with Gasteiger partial charge in [-0.3, -0.25) is 9.98 Å². The van der Waals surface area contributed by atoms with E-state index in [1.807, 2.05) is 24.0 Å². The van der Waals surface area contributed by atoms with E-state index in [0.717, 1.165) is 34.2 Å². The van der Waals surface area contributed by atoms with Gasteiger partial charge in [0.05, 0.1) is 18.8 Å². The summed E-state index contributed by atoms with van der Waals surface area (Å²) in [6, 6.07) is 19.6. The molecule has 1 fully saturated rings. The standard InChI is InChI=1S/C23H23N3OS/c1-3-15-14-28-23-25-21(19-10-6-7-13-24-19)22(26(15)23)18-11-12-20(27-2)17-9-5-4-8-16(17)18/h4-13,15,21-22H,3,14H2,1-2H3/t15-,21+,22+/m1/s1. The minimum absolute atomic E-state index is 0.00912. The summed E-state index contributed by atoms with van der Waals surface area (Å²) < 4.78 is 5.63. The van der Waals surface area contributed by atoms with Gasteiger partial charge in [0.25, 0.3) is 0 Å². The van der Waals surface area contributed by atoms with Gasteiger partial charge in [0, 0.05) is 23.4 Å². The van der Waals surface area contributed by atoms with Gasteiger partial charge in [-0.2, -0.15) is 0 Å². The smallest absolute Gasteiger partial charge is 0.160 e. The van der Waals surface area contributed by atoms with Crippen LogP contribution in [0.4, 0.5) is 0 Å². The summed E-state index contributed by atoms with van der Waals surface area (Å²) in [5.74, 6) is 2.02. The first kappa shape index (κ1) is 17.6. The number of fused-ring (bicyclic) bond motifs is 2. The number of rotatable bonds is 4. The molecule has 3 heterocycles. The van der Waals surface area contributed by atoms with Crippen LogP contribution in [0.5, 0.6) is 5.75 Å². The number of aromatic nitrogens is 1. The lowest BCUT2D eigenvalue weighted by Gasteiger charge is -2.32. The molecule has 5 heteroatoms. The molecule has 2 aromatic carbocycles. The number of amidine groups is 1. The van der Waals surface area contributed by atoms with Crippen molar-refractivity contribution in [3.8, 4) is 5.75 Å². The Hall–Kier alpha value is -2.53. The number of nitrogens with zero attached hydrogens (tertiary/aromatic N) is 3. The zero-order valence-electron chi connectivity index (χ0n) is 16.1. The fourth-order valence-corrected chi connectivity index (χ4v) is 5.75. The third kappa shape index (κ3) is 2.68. The van der Waals surface area contributed by atoms with Gasteiger partial charge in [0.2, 0.25) is 0 Å². The Balaban J connectivity index is 1.71. The summed E-state index contributed by atoms with van der Waals surface area (Å²) in [6.07, 6.45) is 2.98. The quantitative estimate of drug-likeness (QED) is 0.613. The monoisotopic (exact) mass is 389 g/mol. The first-order chi connectivity index (χ1) is 13.8. The van der Waals surface area contributed by atoms with Crippen molar-refractivity contribution in [3.63, 3.8) is 0 Å². The van der Waals surface area contributed by atoms with Crippen LogP contribution in [-0.2, 0) is 0 Å². The van der Waals surface area contributed by atoms with E-state index in [1.165, 1.54) is 10.9 Å².